The van der Waals surface area contributed by atoms with Gasteiger partial charge in [-0.2, -0.15) is 0 Å². The first kappa shape index (κ1) is 18.1. The van der Waals surface area contributed by atoms with Crippen molar-refractivity contribution in [1.82, 2.24) is 19.9 Å². The molecule has 3 aromatic heterocycles. The number of imidazole rings is 1. The summed E-state index contributed by atoms with van der Waals surface area (Å²) in [6.07, 6.45) is 4.11. The van der Waals surface area contributed by atoms with Gasteiger partial charge in [-0.1, -0.05) is 6.07 Å². The minimum Gasteiger partial charge on any atom is -0.377 e. The number of nitrogens with one attached hydrogen (secondary N) is 1. The van der Waals surface area contributed by atoms with Crippen molar-refractivity contribution in [2.75, 3.05) is 42.8 Å². The van der Waals surface area contributed by atoms with Crippen molar-refractivity contribution < 1.29 is 9.47 Å². The number of ether oxygens (including phenoxy) is 2. The molecule has 156 valence electrons. The molecule has 3 aliphatic heterocycles. The van der Waals surface area contributed by atoms with Crippen LogP contribution in [-0.2, 0) is 9.47 Å². The van der Waals surface area contributed by atoms with Crippen LogP contribution < -0.4 is 9.80 Å². The molecule has 30 heavy (non-hydrogen) atoms. The predicted molar refractivity (Wildman–Crippen MR) is 115 cm³/mol. The summed E-state index contributed by atoms with van der Waals surface area (Å²) in [5.74, 6) is 1.76. The summed E-state index contributed by atoms with van der Waals surface area (Å²) in [4.78, 5) is 22.7. The highest BCUT2D eigenvalue weighted by Crippen LogP contribution is 2.38. The standard InChI is InChI=1S/C22H26N6O2/c1-14-11-29-9-8-27(14)18-10-19(28-15-5-6-16(28)13-30-12-15)24-22-20(18)25-21(26-22)17-4-2-3-7-23-17/h2-4,7,10,14-16H,5-6,8-9,11-13H2,1H3,(H,24,25,26)/t14-,15?,16?/m1/s1. The van der Waals surface area contributed by atoms with Gasteiger partial charge in [0, 0.05) is 24.8 Å². The second-order valence-corrected chi connectivity index (χ2v) is 8.45. The van der Waals surface area contributed by atoms with Gasteiger partial charge in [0.25, 0.3) is 0 Å². The van der Waals surface area contributed by atoms with Gasteiger partial charge < -0.3 is 24.3 Å². The number of anilines is 2. The minimum atomic E-state index is 0.292. The third kappa shape index (κ3) is 2.94. The number of pyridine rings is 2. The molecule has 8 nitrogen and oxygen atoms in total. The molecular formula is C22H26N6O2. The largest absolute Gasteiger partial charge is 0.377 e. The van der Waals surface area contributed by atoms with E-state index in [9.17, 15) is 0 Å². The van der Waals surface area contributed by atoms with Crippen molar-refractivity contribution in [3.63, 3.8) is 0 Å². The van der Waals surface area contributed by atoms with Gasteiger partial charge in [0.1, 0.15) is 17.0 Å². The van der Waals surface area contributed by atoms with Crippen LogP contribution >= 0.6 is 0 Å². The number of hydrogen-bond donors (Lipinski definition) is 1. The molecule has 3 atom stereocenters. The second kappa shape index (κ2) is 7.21. The Kier molecular flexibility index (Phi) is 4.35. The maximum atomic E-state index is 5.79. The van der Waals surface area contributed by atoms with E-state index < -0.39 is 0 Å². The van der Waals surface area contributed by atoms with Crippen molar-refractivity contribution in [1.29, 1.82) is 0 Å². The summed E-state index contributed by atoms with van der Waals surface area (Å²) in [5.41, 5.74) is 3.68. The number of H-pyrrole nitrogens is 1. The SMILES string of the molecule is C[C@@H]1COCCN1c1cc(N2C3CCC2COC3)nc2nc(-c3ccccn3)[nH]c12. The van der Waals surface area contributed by atoms with Crippen LogP contribution in [0.25, 0.3) is 22.7 Å². The molecule has 0 aliphatic carbocycles. The van der Waals surface area contributed by atoms with Gasteiger partial charge in [-0.05, 0) is 31.9 Å². The fourth-order valence-corrected chi connectivity index (χ4v) is 5.03. The summed E-state index contributed by atoms with van der Waals surface area (Å²) < 4.78 is 11.5. The molecule has 2 bridgehead atoms. The van der Waals surface area contributed by atoms with Crippen LogP contribution in [0.3, 0.4) is 0 Å². The quantitative estimate of drug-likeness (QED) is 0.716. The van der Waals surface area contributed by atoms with E-state index in [2.05, 4.69) is 32.8 Å². The second-order valence-electron chi connectivity index (χ2n) is 8.45. The molecule has 1 N–H and O–H groups in total. The van der Waals surface area contributed by atoms with E-state index in [0.717, 1.165) is 80.0 Å². The van der Waals surface area contributed by atoms with Crippen molar-refractivity contribution in [2.45, 2.75) is 37.9 Å². The average Bonchev–Trinajstić information content (AvgIpc) is 3.32. The van der Waals surface area contributed by atoms with Crippen LogP contribution in [-0.4, -0.2) is 71.0 Å². The summed E-state index contributed by atoms with van der Waals surface area (Å²) >= 11 is 0. The topological polar surface area (TPSA) is 79.4 Å². The molecule has 3 fully saturated rings. The molecule has 6 heterocycles. The Morgan fingerprint density at radius 3 is 2.70 bits per heavy atom. The van der Waals surface area contributed by atoms with E-state index in [1.165, 1.54) is 0 Å². The molecule has 0 saturated carbocycles. The minimum absolute atomic E-state index is 0.292. The lowest BCUT2D eigenvalue weighted by atomic mass is 10.2. The highest BCUT2D eigenvalue weighted by Gasteiger charge is 2.39. The fourth-order valence-electron chi connectivity index (χ4n) is 5.03. The molecule has 0 radical (unpaired) electrons. The van der Waals surface area contributed by atoms with E-state index in [1.54, 1.807) is 6.20 Å². The van der Waals surface area contributed by atoms with Gasteiger partial charge in [0.15, 0.2) is 11.5 Å². The molecule has 0 aromatic carbocycles. The number of rotatable bonds is 3. The number of aromatic nitrogens is 4. The first-order valence-electron chi connectivity index (χ1n) is 10.8. The van der Waals surface area contributed by atoms with Gasteiger partial charge >= 0.3 is 0 Å². The molecule has 3 aliphatic rings. The van der Waals surface area contributed by atoms with E-state index in [0.29, 0.717) is 18.1 Å². The van der Waals surface area contributed by atoms with Gasteiger partial charge in [-0.15, -0.1) is 0 Å². The van der Waals surface area contributed by atoms with E-state index in [-0.39, 0.29) is 0 Å². The zero-order valence-electron chi connectivity index (χ0n) is 17.1. The lowest BCUT2D eigenvalue weighted by molar-refractivity contribution is 0.0902. The highest BCUT2D eigenvalue weighted by atomic mass is 16.5. The van der Waals surface area contributed by atoms with Crippen molar-refractivity contribution in [3.8, 4) is 11.5 Å². The average molecular weight is 406 g/mol. The Balaban J connectivity index is 1.50. The first-order valence-corrected chi connectivity index (χ1v) is 10.8. The van der Waals surface area contributed by atoms with Gasteiger partial charge in [0.2, 0.25) is 0 Å². The normalized spacial score (nSPS) is 26.5. The summed E-state index contributed by atoms with van der Waals surface area (Å²) in [6.45, 7) is 6.07. The zero-order valence-corrected chi connectivity index (χ0v) is 17.1. The van der Waals surface area contributed by atoms with Gasteiger partial charge in [-0.3, -0.25) is 4.98 Å². The number of aromatic amines is 1. The highest BCUT2D eigenvalue weighted by molar-refractivity contribution is 5.90. The molecule has 0 spiro atoms. The smallest absolute Gasteiger partial charge is 0.182 e. The monoisotopic (exact) mass is 406 g/mol. The third-order valence-electron chi connectivity index (χ3n) is 6.52. The Morgan fingerprint density at radius 1 is 1.07 bits per heavy atom. The fraction of sp³-hybridized carbons (Fsp3) is 0.500. The third-order valence-corrected chi connectivity index (χ3v) is 6.52. The van der Waals surface area contributed by atoms with E-state index in [1.807, 2.05) is 18.2 Å². The summed E-state index contributed by atoms with van der Waals surface area (Å²) in [6, 6.07) is 9.19. The van der Waals surface area contributed by atoms with Crippen LogP contribution in [0.2, 0.25) is 0 Å². The summed E-state index contributed by atoms with van der Waals surface area (Å²) in [5, 5.41) is 0. The van der Waals surface area contributed by atoms with E-state index >= 15 is 0 Å². The number of fused-ring (bicyclic) bond motifs is 3. The van der Waals surface area contributed by atoms with Crippen molar-refractivity contribution in [2.24, 2.45) is 0 Å². The lowest BCUT2D eigenvalue weighted by Gasteiger charge is -2.38. The van der Waals surface area contributed by atoms with Gasteiger partial charge in [-0.25, -0.2) is 9.97 Å². The molecule has 3 aromatic rings. The van der Waals surface area contributed by atoms with Gasteiger partial charge in [0.05, 0.1) is 44.2 Å². The Bertz CT molecular complexity index is 1040. The van der Waals surface area contributed by atoms with Crippen LogP contribution in [0, 0.1) is 0 Å². The first-order chi connectivity index (χ1) is 14.8. The van der Waals surface area contributed by atoms with Crippen LogP contribution in [0.4, 0.5) is 11.5 Å². The maximum absolute atomic E-state index is 5.79. The van der Waals surface area contributed by atoms with Crippen LogP contribution in [0.5, 0.6) is 0 Å². The molecule has 2 unspecified atom stereocenters. The molecule has 0 amide bonds. The Labute approximate surface area is 175 Å². The number of hydrogen-bond acceptors (Lipinski definition) is 7. The Hall–Kier alpha value is -2.71. The molecule has 8 heteroatoms. The van der Waals surface area contributed by atoms with E-state index in [4.69, 9.17) is 19.4 Å². The zero-order chi connectivity index (χ0) is 20.1. The maximum Gasteiger partial charge on any atom is 0.182 e. The molecule has 6 rings (SSSR count). The molecular weight excluding hydrogens is 380 g/mol. The van der Waals surface area contributed by atoms with Crippen molar-refractivity contribution >= 4 is 22.7 Å². The Morgan fingerprint density at radius 2 is 1.93 bits per heavy atom. The number of morpholine rings is 2. The lowest BCUT2D eigenvalue weighted by Crippen LogP contribution is -2.47. The number of nitrogens with zero attached hydrogens (tertiary/aromatic N) is 5. The molecule has 3 saturated heterocycles. The van der Waals surface area contributed by atoms with Crippen LogP contribution in [0.15, 0.2) is 30.5 Å². The van der Waals surface area contributed by atoms with Crippen molar-refractivity contribution in [3.05, 3.63) is 30.5 Å². The van der Waals surface area contributed by atoms with Crippen LogP contribution in [0.1, 0.15) is 19.8 Å². The predicted octanol–water partition coefficient (Wildman–Crippen LogP) is 2.61. The summed E-state index contributed by atoms with van der Waals surface area (Å²) in [7, 11) is 0.